The summed E-state index contributed by atoms with van der Waals surface area (Å²) in [5, 5.41) is 0.114. The summed E-state index contributed by atoms with van der Waals surface area (Å²) in [5.41, 5.74) is 0. The third-order valence-electron chi connectivity index (χ3n) is 8.04. The number of carbonyl (C=O) groups excluding carboxylic acids is 1. The molecule has 0 N–H and O–H groups in total. The van der Waals surface area contributed by atoms with E-state index in [2.05, 4.69) is 91.1 Å². The Labute approximate surface area is 208 Å². The van der Waals surface area contributed by atoms with Gasteiger partial charge in [-0.25, -0.2) is 0 Å². The van der Waals surface area contributed by atoms with Gasteiger partial charge >= 0.3 is 0 Å². The van der Waals surface area contributed by atoms with Crippen LogP contribution in [0.4, 0.5) is 0 Å². The Morgan fingerprint density at radius 1 is 1.12 bits per heavy atom. The zero-order valence-electron chi connectivity index (χ0n) is 23.8. The standard InChI is InChI=1S/C26H53NO3Si3/c1-13-14-19-32(9,10)29-20(2)23-24(27(25(23)28)33(11,12)26(3,4)5)21-17-15-16-18-22(21)30-31(6,7)8/h18,20-21,23-24H,13-17,19H2,1-12H3/t20-,21?,23-,24-/m1/s1. The van der Waals surface area contributed by atoms with Crippen molar-refractivity contribution < 1.29 is 13.6 Å². The van der Waals surface area contributed by atoms with E-state index in [9.17, 15) is 4.79 Å². The Morgan fingerprint density at radius 2 is 1.73 bits per heavy atom. The molecule has 4 atom stereocenters. The molecule has 1 aliphatic heterocycles. The Bertz CT molecular complexity index is 721. The fraction of sp³-hybridized carbons (Fsp3) is 0.885. The van der Waals surface area contributed by atoms with Crippen LogP contribution in [0, 0.1) is 11.8 Å². The highest BCUT2D eigenvalue weighted by Crippen LogP contribution is 2.51. The van der Waals surface area contributed by atoms with Crippen molar-refractivity contribution in [2.75, 3.05) is 0 Å². The van der Waals surface area contributed by atoms with Crippen LogP contribution < -0.4 is 0 Å². The van der Waals surface area contributed by atoms with Crippen molar-refractivity contribution in [2.24, 2.45) is 11.8 Å². The lowest BCUT2D eigenvalue weighted by Gasteiger charge is -2.62. The second-order valence-corrected chi connectivity index (χ2v) is 27.4. The van der Waals surface area contributed by atoms with E-state index in [1.807, 2.05) is 0 Å². The molecule has 192 valence electrons. The molecule has 33 heavy (non-hydrogen) atoms. The molecule has 1 heterocycles. The van der Waals surface area contributed by atoms with Crippen LogP contribution in [0.5, 0.6) is 0 Å². The van der Waals surface area contributed by atoms with E-state index in [-0.39, 0.29) is 23.1 Å². The van der Waals surface area contributed by atoms with Gasteiger partial charge in [0.05, 0.1) is 17.8 Å². The second kappa shape index (κ2) is 10.3. The summed E-state index contributed by atoms with van der Waals surface area (Å²) in [6.45, 7) is 27.6. The van der Waals surface area contributed by atoms with Crippen molar-refractivity contribution in [1.82, 2.24) is 4.57 Å². The van der Waals surface area contributed by atoms with Gasteiger partial charge < -0.3 is 13.4 Å². The molecule has 1 aliphatic carbocycles. The molecular formula is C26H53NO3Si3. The van der Waals surface area contributed by atoms with Crippen LogP contribution in [0.15, 0.2) is 11.8 Å². The summed E-state index contributed by atoms with van der Waals surface area (Å²) in [5.74, 6) is 1.75. The molecule has 0 radical (unpaired) electrons. The number of β-lactam (4-membered cyclic amide) rings is 1. The van der Waals surface area contributed by atoms with Gasteiger partial charge in [-0.15, -0.1) is 0 Å². The van der Waals surface area contributed by atoms with E-state index < -0.39 is 24.9 Å². The van der Waals surface area contributed by atoms with Gasteiger partial charge in [0.15, 0.2) is 16.6 Å². The summed E-state index contributed by atoms with van der Waals surface area (Å²) in [4.78, 5) is 13.9. The first-order valence-corrected chi connectivity index (χ1v) is 22.8. The molecule has 1 fully saturated rings. The highest BCUT2D eigenvalue weighted by Gasteiger charge is 2.61. The van der Waals surface area contributed by atoms with Crippen LogP contribution in [-0.4, -0.2) is 47.5 Å². The van der Waals surface area contributed by atoms with Gasteiger partial charge in [0.1, 0.15) is 0 Å². The number of hydrogen-bond donors (Lipinski definition) is 0. The van der Waals surface area contributed by atoms with Crippen LogP contribution in [0.25, 0.3) is 0 Å². The van der Waals surface area contributed by atoms with Crippen LogP contribution in [-0.2, 0) is 13.6 Å². The van der Waals surface area contributed by atoms with Crippen LogP contribution in [0.2, 0.25) is 56.9 Å². The predicted molar refractivity (Wildman–Crippen MR) is 149 cm³/mol. The number of unbranched alkanes of at least 4 members (excludes halogenated alkanes) is 1. The quantitative estimate of drug-likeness (QED) is 0.222. The summed E-state index contributed by atoms with van der Waals surface area (Å²) in [6, 6.07) is 1.37. The minimum absolute atomic E-state index is 0.0305. The minimum atomic E-state index is -2.02. The SMILES string of the molecule is CCCC[Si](C)(C)O[C@H](C)[C@H]1C(=O)N([Si](C)(C)C(C)(C)C)[C@@H]1C1CCCC=C1O[Si](C)(C)C. The monoisotopic (exact) mass is 511 g/mol. The largest absolute Gasteiger partial charge is 0.547 e. The van der Waals surface area contributed by atoms with Gasteiger partial charge in [0.25, 0.3) is 0 Å². The number of amides is 1. The predicted octanol–water partition coefficient (Wildman–Crippen LogP) is 7.76. The lowest BCUT2D eigenvalue weighted by molar-refractivity contribution is -0.158. The van der Waals surface area contributed by atoms with Crippen LogP contribution in [0.3, 0.4) is 0 Å². The minimum Gasteiger partial charge on any atom is -0.547 e. The van der Waals surface area contributed by atoms with Gasteiger partial charge in [-0.05, 0) is 76.1 Å². The van der Waals surface area contributed by atoms with E-state index in [1.165, 1.54) is 31.1 Å². The lowest BCUT2D eigenvalue weighted by atomic mass is 9.74. The summed E-state index contributed by atoms with van der Waals surface area (Å²) in [7, 11) is -5.55. The molecule has 7 heteroatoms. The summed E-state index contributed by atoms with van der Waals surface area (Å²) < 4.78 is 15.8. The average Bonchev–Trinajstić information content (AvgIpc) is 2.62. The second-order valence-electron chi connectivity index (χ2n) is 13.6. The van der Waals surface area contributed by atoms with Gasteiger partial charge in [-0.3, -0.25) is 4.79 Å². The smallest absolute Gasteiger partial charge is 0.241 e. The third kappa shape index (κ3) is 6.64. The molecule has 0 aromatic carbocycles. The fourth-order valence-electron chi connectivity index (χ4n) is 5.37. The topological polar surface area (TPSA) is 38.8 Å². The Morgan fingerprint density at radius 3 is 2.24 bits per heavy atom. The van der Waals surface area contributed by atoms with E-state index in [0.29, 0.717) is 11.8 Å². The molecule has 2 rings (SSSR count). The fourth-order valence-corrected chi connectivity index (χ4v) is 11.3. The van der Waals surface area contributed by atoms with Gasteiger partial charge in [-0.2, -0.15) is 0 Å². The molecular weight excluding hydrogens is 459 g/mol. The number of hydrogen-bond acceptors (Lipinski definition) is 3. The van der Waals surface area contributed by atoms with Crippen molar-refractivity contribution in [3.05, 3.63) is 11.8 Å². The highest BCUT2D eigenvalue weighted by atomic mass is 28.4. The number of nitrogens with zero attached hydrogens (tertiary/aromatic N) is 1. The van der Waals surface area contributed by atoms with E-state index in [4.69, 9.17) is 8.85 Å². The molecule has 1 amide bonds. The van der Waals surface area contributed by atoms with Crippen molar-refractivity contribution in [2.45, 2.75) is 136 Å². The van der Waals surface area contributed by atoms with Gasteiger partial charge in [0.2, 0.25) is 14.2 Å². The number of carbonyl (C=O) groups is 1. The lowest BCUT2D eigenvalue weighted by Crippen LogP contribution is -2.76. The van der Waals surface area contributed by atoms with Gasteiger partial charge in [-0.1, -0.05) is 53.6 Å². The maximum atomic E-state index is 13.9. The maximum Gasteiger partial charge on any atom is 0.241 e. The Balaban J connectivity index is 2.42. The van der Waals surface area contributed by atoms with Crippen molar-refractivity contribution in [3.63, 3.8) is 0 Å². The van der Waals surface area contributed by atoms with Crippen molar-refractivity contribution in [1.29, 1.82) is 0 Å². The molecule has 0 bridgehead atoms. The van der Waals surface area contributed by atoms with E-state index >= 15 is 0 Å². The molecule has 1 unspecified atom stereocenters. The van der Waals surface area contributed by atoms with Crippen molar-refractivity contribution >= 4 is 30.8 Å². The molecule has 0 saturated carbocycles. The third-order valence-corrected chi connectivity index (χ3v) is 16.8. The molecule has 1 saturated heterocycles. The molecule has 0 spiro atoms. The first-order chi connectivity index (χ1) is 14.9. The van der Waals surface area contributed by atoms with Crippen LogP contribution in [0.1, 0.15) is 66.7 Å². The molecule has 4 nitrogen and oxygen atoms in total. The van der Waals surface area contributed by atoms with E-state index in [0.717, 1.165) is 12.8 Å². The van der Waals surface area contributed by atoms with Crippen LogP contribution >= 0.6 is 0 Å². The normalized spacial score (nSPS) is 26.1. The molecule has 0 aromatic rings. The summed E-state index contributed by atoms with van der Waals surface area (Å²) >= 11 is 0. The van der Waals surface area contributed by atoms with E-state index in [1.54, 1.807) is 0 Å². The molecule has 2 aliphatic rings. The summed E-state index contributed by atoms with van der Waals surface area (Å²) in [6.07, 6.45) is 8.09. The average molecular weight is 512 g/mol. The van der Waals surface area contributed by atoms with Gasteiger partial charge in [0, 0.05) is 12.0 Å². The zero-order valence-corrected chi connectivity index (χ0v) is 26.8. The number of allylic oxidation sites excluding steroid dienone is 1. The first kappa shape index (κ1) is 28.9. The first-order valence-electron chi connectivity index (χ1n) is 13.3. The van der Waals surface area contributed by atoms with Crippen molar-refractivity contribution in [3.8, 4) is 0 Å². The zero-order chi connectivity index (χ0) is 25.4. The maximum absolute atomic E-state index is 13.9. The Hall–Kier alpha value is -0.379. The Kier molecular flexibility index (Phi) is 9.02. The number of rotatable bonds is 10. The molecule has 0 aromatic heterocycles. The highest BCUT2D eigenvalue weighted by molar-refractivity contribution is 6.80.